The van der Waals surface area contributed by atoms with E-state index >= 15 is 0 Å². The van der Waals surface area contributed by atoms with Crippen LogP contribution in [0.4, 0.5) is 5.82 Å². The number of anilines is 1. The number of aromatic nitrogens is 5. The Balaban J connectivity index is 1.60. The molecule has 1 fully saturated rings. The van der Waals surface area contributed by atoms with E-state index in [1.54, 1.807) is 0 Å². The fourth-order valence-electron chi connectivity index (χ4n) is 3.64. The number of likely N-dealkylation sites (tertiary alicyclic amines) is 1. The molecule has 0 aliphatic carbocycles. The number of rotatable bonds is 3. The summed E-state index contributed by atoms with van der Waals surface area (Å²) in [5.41, 5.74) is 10.3. The highest BCUT2D eigenvalue weighted by Crippen LogP contribution is 2.28. The van der Waals surface area contributed by atoms with E-state index in [0.29, 0.717) is 24.3 Å². The van der Waals surface area contributed by atoms with E-state index in [2.05, 4.69) is 20.1 Å². The van der Waals surface area contributed by atoms with E-state index < -0.39 is 0 Å². The number of carbonyl (C=O) groups excluding carboxylic acids is 1. The molecule has 0 saturated carbocycles. The maximum absolute atomic E-state index is 11.9. The molecular weight excluding hydrogens is 342 g/mol. The number of carbonyl (C=O) groups is 1. The zero-order chi connectivity index (χ0) is 18.5. The average molecular weight is 361 g/mol. The lowest BCUT2D eigenvalue weighted by Gasteiger charge is -2.12. The number of nitrogen functional groups attached to an aromatic ring is 1. The summed E-state index contributed by atoms with van der Waals surface area (Å²) >= 11 is 0. The molecule has 0 bridgehead atoms. The van der Waals surface area contributed by atoms with Crippen molar-refractivity contribution in [3.8, 4) is 5.69 Å². The van der Waals surface area contributed by atoms with Gasteiger partial charge in [0.15, 0.2) is 5.82 Å². The van der Waals surface area contributed by atoms with Gasteiger partial charge >= 0.3 is 0 Å². The summed E-state index contributed by atoms with van der Waals surface area (Å²) in [6.07, 6.45) is 3.43. The highest BCUT2D eigenvalue weighted by atomic mass is 16.2. The molecule has 5 rings (SSSR count). The van der Waals surface area contributed by atoms with Gasteiger partial charge in [-0.2, -0.15) is 5.10 Å². The molecule has 1 aromatic carbocycles. The fraction of sp³-hybridized carbons (Fsp3) is 0.263. The SMILES string of the molecule is Cc1ccn(-c2ccc3c(c2)nc(N)c2nc(CN4CCCC4=O)[nH]c23)n1. The Hall–Kier alpha value is -3.42. The molecule has 1 saturated heterocycles. The largest absolute Gasteiger partial charge is 0.382 e. The number of aryl methyl sites for hydroxylation is 1. The van der Waals surface area contributed by atoms with Crippen molar-refractivity contribution >= 4 is 33.7 Å². The number of H-pyrrole nitrogens is 1. The van der Waals surface area contributed by atoms with Gasteiger partial charge in [0.25, 0.3) is 0 Å². The van der Waals surface area contributed by atoms with Crippen molar-refractivity contribution < 1.29 is 4.79 Å². The first-order chi connectivity index (χ1) is 13.1. The average Bonchev–Trinajstić information content (AvgIpc) is 3.36. The van der Waals surface area contributed by atoms with Gasteiger partial charge in [0.1, 0.15) is 11.3 Å². The van der Waals surface area contributed by atoms with Gasteiger partial charge in [-0.05, 0) is 37.6 Å². The molecule has 27 heavy (non-hydrogen) atoms. The van der Waals surface area contributed by atoms with Gasteiger partial charge in [0.05, 0.1) is 29.0 Å². The van der Waals surface area contributed by atoms with E-state index in [4.69, 9.17) is 5.73 Å². The second-order valence-corrected chi connectivity index (χ2v) is 6.93. The Morgan fingerprint density at radius 3 is 2.89 bits per heavy atom. The molecule has 8 heteroatoms. The molecule has 0 radical (unpaired) electrons. The number of nitrogens with zero attached hydrogens (tertiary/aromatic N) is 5. The predicted octanol–water partition coefficient (Wildman–Crippen LogP) is 2.31. The van der Waals surface area contributed by atoms with Gasteiger partial charge in [0, 0.05) is 24.5 Å². The Kier molecular flexibility index (Phi) is 3.40. The molecule has 4 heterocycles. The van der Waals surface area contributed by atoms with Gasteiger partial charge in [-0.3, -0.25) is 4.79 Å². The second kappa shape index (κ2) is 5.80. The zero-order valence-electron chi connectivity index (χ0n) is 14.9. The van der Waals surface area contributed by atoms with Gasteiger partial charge in [-0.1, -0.05) is 0 Å². The number of pyridine rings is 1. The van der Waals surface area contributed by atoms with Crippen LogP contribution in [0.1, 0.15) is 24.4 Å². The second-order valence-electron chi connectivity index (χ2n) is 6.93. The summed E-state index contributed by atoms with van der Waals surface area (Å²) in [6, 6.07) is 7.91. The summed E-state index contributed by atoms with van der Waals surface area (Å²) in [5, 5.41) is 5.38. The molecule has 0 spiro atoms. The number of imidazole rings is 1. The fourth-order valence-corrected chi connectivity index (χ4v) is 3.64. The molecule has 8 nitrogen and oxygen atoms in total. The minimum Gasteiger partial charge on any atom is -0.382 e. The summed E-state index contributed by atoms with van der Waals surface area (Å²) in [4.78, 5) is 26.2. The Bertz CT molecular complexity index is 1190. The van der Waals surface area contributed by atoms with Crippen molar-refractivity contribution in [1.29, 1.82) is 0 Å². The minimum atomic E-state index is 0.172. The van der Waals surface area contributed by atoms with Crippen molar-refractivity contribution in [3.63, 3.8) is 0 Å². The van der Waals surface area contributed by atoms with Gasteiger partial charge in [0.2, 0.25) is 5.91 Å². The molecule has 3 aromatic heterocycles. The zero-order valence-corrected chi connectivity index (χ0v) is 14.9. The Morgan fingerprint density at radius 2 is 2.15 bits per heavy atom. The van der Waals surface area contributed by atoms with Crippen molar-refractivity contribution in [1.82, 2.24) is 29.6 Å². The number of hydrogen-bond acceptors (Lipinski definition) is 5. The maximum atomic E-state index is 11.9. The van der Waals surface area contributed by atoms with Crippen LogP contribution in [0.15, 0.2) is 30.5 Å². The Labute approximate surface area is 155 Å². The lowest BCUT2D eigenvalue weighted by Crippen LogP contribution is -2.24. The maximum Gasteiger partial charge on any atom is 0.223 e. The van der Waals surface area contributed by atoms with Crippen molar-refractivity contribution in [2.75, 3.05) is 12.3 Å². The van der Waals surface area contributed by atoms with Crippen LogP contribution < -0.4 is 5.73 Å². The quantitative estimate of drug-likeness (QED) is 0.582. The lowest BCUT2D eigenvalue weighted by atomic mass is 10.1. The van der Waals surface area contributed by atoms with E-state index in [-0.39, 0.29) is 5.91 Å². The van der Waals surface area contributed by atoms with Crippen LogP contribution in [0.25, 0.3) is 27.6 Å². The first kappa shape index (κ1) is 15.8. The number of nitrogens with two attached hydrogens (primary N) is 1. The summed E-state index contributed by atoms with van der Waals surface area (Å²) < 4.78 is 1.81. The molecular formula is C19H19N7O. The third kappa shape index (κ3) is 2.61. The molecule has 0 atom stereocenters. The first-order valence-electron chi connectivity index (χ1n) is 8.97. The minimum absolute atomic E-state index is 0.172. The van der Waals surface area contributed by atoms with Crippen LogP contribution in [0.2, 0.25) is 0 Å². The molecule has 1 amide bonds. The number of aromatic amines is 1. The van der Waals surface area contributed by atoms with Gasteiger partial charge in [-0.25, -0.2) is 14.6 Å². The molecule has 4 aromatic rings. The molecule has 1 aliphatic heterocycles. The third-order valence-electron chi connectivity index (χ3n) is 4.99. The summed E-state index contributed by atoms with van der Waals surface area (Å²) in [6.45, 7) is 3.20. The van der Waals surface area contributed by atoms with E-state index in [0.717, 1.165) is 46.6 Å². The smallest absolute Gasteiger partial charge is 0.223 e. The highest BCUT2D eigenvalue weighted by molar-refractivity contribution is 6.06. The van der Waals surface area contributed by atoms with E-state index in [9.17, 15) is 4.79 Å². The number of fused-ring (bicyclic) bond motifs is 3. The van der Waals surface area contributed by atoms with Gasteiger partial charge < -0.3 is 15.6 Å². The van der Waals surface area contributed by atoms with Crippen LogP contribution in [-0.4, -0.2) is 42.1 Å². The van der Waals surface area contributed by atoms with Gasteiger partial charge in [-0.15, -0.1) is 0 Å². The van der Waals surface area contributed by atoms with E-state index in [1.165, 1.54) is 0 Å². The van der Waals surface area contributed by atoms with Crippen LogP contribution >= 0.6 is 0 Å². The summed E-state index contributed by atoms with van der Waals surface area (Å²) in [5.74, 6) is 1.28. The molecule has 3 N–H and O–H groups in total. The molecule has 1 aliphatic rings. The van der Waals surface area contributed by atoms with Crippen molar-refractivity contribution in [2.24, 2.45) is 0 Å². The standard InChI is InChI=1S/C19H19N7O/c1-11-6-8-26(24-11)12-4-5-13-14(9-12)21-19(20)18-17(13)22-15(23-18)10-25-7-2-3-16(25)27/h4-6,8-9H,2-3,7,10H2,1H3,(H2,20,21)(H,22,23). The number of benzene rings is 1. The van der Waals surface area contributed by atoms with Crippen LogP contribution in [0.3, 0.4) is 0 Å². The Morgan fingerprint density at radius 1 is 1.26 bits per heavy atom. The monoisotopic (exact) mass is 361 g/mol. The van der Waals surface area contributed by atoms with Crippen LogP contribution in [-0.2, 0) is 11.3 Å². The van der Waals surface area contributed by atoms with Crippen LogP contribution in [0.5, 0.6) is 0 Å². The van der Waals surface area contributed by atoms with Crippen LogP contribution in [0, 0.1) is 6.92 Å². The molecule has 0 unspecified atom stereocenters. The third-order valence-corrected chi connectivity index (χ3v) is 4.99. The number of nitrogens with one attached hydrogen (secondary N) is 1. The topological polar surface area (TPSA) is 106 Å². The summed E-state index contributed by atoms with van der Waals surface area (Å²) in [7, 11) is 0. The number of hydrogen-bond donors (Lipinski definition) is 2. The normalized spacial score (nSPS) is 14.7. The lowest BCUT2D eigenvalue weighted by molar-refractivity contribution is -0.128. The van der Waals surface area contributed by atoms with E-state index in [1.807, 2.05) is 47.0 Å². The first-order valence-corrected chi connectivity index (χ1v) is 8.97. The number of amides is 1. The van der Waals surface area contributed by atoms with Crippen molar-refractivity contribution in [2.45, 2.75) is 26.3 Å². The highest BCUT2D eigenvalue weighted by Gasteiger charge is 2.22. The molecule has 136 valence electrons. The predicted molar refractivity (Wildman–Crippen MR) is 102 cm³/mol. The van der Waals surface area contributed by atoms with Crippen molar-refractivity contribution in [3.05, 3.63) is 42.0 Å².